The first-order valence-corrected chi connectivity index (χ1v) is 16.0. The number of piperidine rings is 1. The number of nitrogens with zero attached hydrogens (tertiary/aromatic N) is 8. The van der Waals surface area contributed by atoms with Gasteiger partial charge in [0, 0.05) is 68.3 Å². The predicted octanol–water partition coefficient (Wildman–Crippen LogP) is 2.93. The lowest BCUT2D eigenvalue weighted by atomic mass is 10.0. The molecule has 46 heavy (non-hydrogen) atoms. The smallest absolute Gasteiger partial charge is 0.387 e. The third-order valence-electron chi connectivity index (χ3n) is 8.31. The fraction of sp³-hybridized carbons (Fsp3) is 0.400. The van der Waals surface area contributed by atoms with E-state index in [1.165, 1.54) is 45.6 Å². The topological polar surface area (TPSA) is 130 Å². The molecular formula is C30H33F2N9O4S. The van der Waals surface area contributed by atoms with Gasteiger partial charge in [0.15, 0.2) is 5.65 Å². The lowest BCUT2D eigenvalue weighted by molar-refractivity contribution is -0.138. The zero-order chi connectivity index (χ0) is 32.4. The number of aromatic nitrogens is 5. The van der Waals surface area contributed by atoms with E-state index in [0.29, 0.717) is 31.8 Å². The number of benzene rings is 1. The van der Waals surface area contributed by atoms with Gasteiger partial charge in [-0.1, -0.05) is 0 Å². The molecule has 2 fully saturated rings. The number of anilines is 1. The number of hydrogen-bond acceptors (Lipinski definition) is 9. The number of fused-ring (bicyclic) bond motifs is 1. The van der Waals surface area contributed by atoms with E-state index in [9.17, 15) is 23.2 Å². The Morgan fingerprint density at radius 3 is 2.72 bits per heavy atom. The molecule has 0 radical (unpaired) electrons. The zero-order valence-electron chi connectivity index (χ0n) is 25.3. The Morgan fingerprint density at radius 1 is 1.17 bits per heavy atom. The van der Waals surface area contributed by atoms with Crippen molar-refractivity contribution >= 4 is 40.8 Å². The number of likely N-dealkylation sites (N-methyl/N-ethyl adjacent to an activating group) is 1. The van der Waals surface area contributed by atoms with Crippen molar-refractivity contribution in [3.05, 3.63) is 54.6 Å². The summed E-state index contributed by atoms with van der Waals surface area (Å²) in [6.07, 6.45) is 9.42. The number of thioether (sulfide) groups is 1. The summed E-state index contributed by atoms with van der Waals surface area (Å²) < 4.78 is 34.5. The van der Waals surface area contributed by atoms with Crippen molar-refractivity contribution in [2.45, 2.75) is 36.9 Å². The summed E-state index contributed by atoms with van der Waals surface area (Å²) in [7, 11) is 1.81. The number of halogens is 2. The summed E-state index contributed by atoms with van der Waals surface area (Å²) in [5.74, 6) is -0.733. The molecule has 4 aromatic rings. The maximum absolute atomic E-state index is 13.4. The predicted molar refractivity (Wildman–Crippen MR) is 166 cm³/mol. The number of alkyl halides is 2. The number of carbonyl (C=O) groups excluding carboxylic acids is 3. The molecule has 0 bridgehead atoms. The summed E-state index contributed by atoms with van der Waals surface area (Å²) in [5, 5.41) is 11.6. The van der Waals surface area contributed by atoms with Gasteiger partial charge in [0.2, 0.25) is 11.8 Å². The molecule has 1 N–H and O–H groups in total. The van der Waals surface area contributed by atoms with Gasteiger partial charge in [-0.05, 0) is 43.4 Å². The van der Waals surface area contributed by atoms with Crippen LogP contribution >= 0.6 is 11.8 Å². The van der Waals surface area contributed by atoms with E-state index < -0.39 is 12.5 Å². The van der Waals surface area contributed by atoms with Crippen LogP contribution in [0.2, 0.25) is 0 Å². The fourth-order valence-corrected chi connectivity index (χ4v) is 6.24. The van der Waals surface area contributed by atoms with Gasteiger partial charge in [-0.15, -0.1) is 11.8 Å². The average Bonchev–Trinajstić information content (AvgIpc) is 3.66. The second-order valence-electron chi connectivity index (χ2n) is 11.1. The Morgan fingerprint density at radius 2 is 1.98 bits per heavy atom. The van der Waals surface area contributed by atoms with Gasteiger partial charge in [-0.3, -0.25) is 24.0 Å². The molecule has 0 atom stereocenters. The third-order valence-corrected chi connectivity index (χ3v) is 9.03. The molecule has 3 amide bonds. The van der Waals surface area contributed by atoms with E-state index in [2.05, 4.69) is 25.4 Å². The molecule has 2 saturated heterocycles. The van der Waals surface area contributed by atoms with Gasteiger partial charge in [0.1, 0.15) is 23.6 Å². The van der Waals surface area contributed by atoms with Gasteiger partial charge in [0.25, 0.3) is 5.91 Å². The van der Waals surface area contributed by atoms with Crippen molar-refractivity contribution in [3.63, 3.8) is 0 Å². The van der Waals surface area contributed by atoms with Crippen LogP contribution in [0.25, 0.3) is 16.9 Å². The number of rotatable bonds is 9. The molecule has 1 aromatic carbocycles. The van der Waals surface area contributed by atoms with Gasteiger partial charge < -0.3 is 19.9 Å². The zero-order valence-corrected chi connectivity index (χ0v) is 26.1. The summed E-state index contributed by atoms with van der Waals surface area (Å²) in [4.78, 5) is 49.7. The van der Waals surface area contributed by atoms with E-state index in [1.807, 2.05) is 13.3 Å². The third kappa shape index (κ3) is 6.67. The molecule has 13 nitrogen and oxygen atoms in total. The van der Waals surface area contributed by atoms with Gasteiger partial charge in [-0.25, -0.2) is 9.50 Å². The normalized spacial score (nSPS) is 16.4. The van der Waals surface area contributed by atoms with Crippen LogP contribution in [0.1, 0.15) is 23.2 Å². The van der Waals surface area contributed by atoms with Crippen LogP contribution in [0.3, 0.4) is 0 Å². The standard InChI is InChI=1S/C30H33F2N9O4S/c1-37-12-13-39(17-25(37)42)19-6-10-38(11-7-19)26(43)18-40-16-23(35-29(44)22-15-34-41-9-3-8-33-28(22)41)27(36-40)21-14-20(46-2)4-5-24(21)45-30(31)32/h3-5,8-9,14-16,19,30H,6-7,10-13,17-18H2,1-2H3,(H,35,44). The minimum Gasteiger partial charge on any atom is -0.434 e. The van der Waals surface area contributed by atoms with E-state index >= 15 is 0 Å². The Bertz CT molecular complexity index is 1760. The van der Waals surface area contributed by atoms with E-state index in [4.69, 9.17) is 4.74 Å². The number of amides is 3. The Kier molecular flexibility index (Phi) is 9.17. The molecule has 16 heteroatoms. The lowest BCUT2D eigenvalue weighted by Crippen LogP contribution is -2.55. The largest absolute Gasteiger partial charge is 0.434 e. The SMILES string of the molecule is CSc1ccc(OC(F)F)c(-c2nn(CC(=O)N3CCC(N4CCN(C)C(=O)C4)CC3)cc2NC(=O)c2cnn3cccnc23)c1. The summed E-state index contributed by atoms with van der Waals surface area (Å²) >= 11 is 1.40. The second-order valence-corrected chi connectivity index (χ2v) is 12.0. The highest BCUT2D eigenvalue weighted by Crippen LogP contribution is 2.38. The van der Waals surface area contributed by atoms with Crippen LogP contribution in [0, 0.1) is 0 Å². The van der Waals surface area contributed by atoms with Crippen molar-refractivity contribution in [3.8, 4) is 17.0 Å². The van der Waals surface area contributed by atoms with E-state index in [-0.39, 0.29) is 52.7 Å². The van der Waals surface area contributed by atoms with Gasteiger partial charge >= 0.3 is 6.61 Å². The molecule has 0 saturated carbocycles. The maximum atomic E-state index is 13.4. The highest BCUT2D eigenvalue weighted by molar-refractivity contribution is 7.98. The molecule has 6 rings (SSSR count). The van der Waals surface area contributed by atoms with Crippen LogP contribution in [-0.4, -0.2) is 115 Å². The molecule has 2 aliphatic rings. The van der Waals surface area contributed by atoms with E-state index in [0.717, 1.165) is 24.3 Å². The first-order valence-electron chi connectivity index (χ1n) is 14.8. The van der Waals surface area contributed by atoms with Crippen LogP contribution in [0.15, 0.2) is 53.9 Å². The molecule has 2 aliphatic heterocycles. The number of likely N-dealkylation sites (tertiary alicyclic amines) is 1. The van der Waals surface area contributed by atoms with Crippen LogP contribution in [0.4, 0.5) is 14.5 Å². The van der Waals surface area contributed by atoms with Crippen molar-refractivity contribution < 1.29 is 27.9 Å². The van der Waals surface area contributed by atoms with Crippen LogP contribution in [-0.2, 0) is 16.1 Å². The van der Waals surface area contributed by atoms with Crippen molar-refractivity contribution in [1.82, 2.24) is 39.1 Å². The number of hydrogen-bond donors (Lipinski definition) is 1. The van der Waals surface area contributed by atoms with Crippen molar-refractivity contribution in [2.75, 3.05) is 51.3 Å². The first kappa shape index (κ1) is 31.4. The van der Waals surface area contributed by atoms with E-state index in [1.54, 1.807) is 34.2 Å². The van der Waals surface area contributed by atoms with Gasteiger partial charge in [0.05, 0.1) is 18.4 Å². The first-order chi connectivity index (χ1) is 22.2. The molecule has 0 spiro atoms. The quantitative estimate of drug-likeness (QED) is 0.271. The monoisotopic (exact) mass is 653 g/mol. The number of ether oxygens (including phenoxy) is 1. The molecule has 0 unspecified atom stereocenters. The molecule has 5 heterocycles. The Labute approximate surface area is 267 Å². The fourth-order valence-electron chi connectivity index (χ4n) is 5.80. The Hall–Kier alpha value is -4.57. The molecule has 0 aliphatic carbocycles. The number of piperazine rings is 1. The summed E-state index contributed by atoms with van der Waals surface area (Å²) in [6.45, 7) is -0.261. The molecule has 3 aromatic heterocycles. The highest BCUT2D eigenvalue weighted by atomic mass is 32.2. The maximum Gasteiger partial charge on any atom is 0.387 e. The van der Waals surface area contributed by atoms with Gasteiger partial charge in [-0.2, -0.15) is 19.0 Å². The summed E-state index contributed by atoms with van der Waals surface area (Å²) in [5.41, 5.74) is 1.12. The number of nitrogens with one attached hydrogen (secondary N) is 1. The lowest BCUT2D eigenvalue weighted by Gasteiger charge is -2.41. The molecular weight excluding hydrogens is 620 g/mol. The number of carbonyl (C=O) groups is 3. The van der Waals surface area contributed by atoms with Crippen LogP contribution in [0.5, 0.6) is 5.75 Å². The van der Waals surface area contributed by atoms with Crippen molar-refractivity contribution in [1.29, 1.82) is 0 Å². The highest BCUT2D eigenvalue weighted by Gasteiger charge is 2.31. The molecule has 242 valence electrons. The minimum absolute atomic E-state index is 0.102. The van der Waals surface area contributed by atoms with Crippen LogP contribution < -0.4 is 10.1 Å². The summed E-state index contributed by atoms with van der Waals surface area (Å²) in [6, 6.07) is 6.64. The second kappa shape index (κ2) is 13.4. The minimum atomic E-state index is -3.09. The average molecular weight is 654 g/mol. The van der Waals surface area contributed by atoms with Crippen molar-refractivity contribution in [2.24, 2.45) is 0 Å². The Balaban J connectivity index is 1.24.